The predicted octanol–water partition coefficient (Wildman–Crippen LogP) is 7.44. The van der Waals surface area contributed by atoms with Gasteiger partial charge in [-0.05, 0) is 30.2 Å². The van der Waals surface area contributed by atoms with E-state index in [0.29, 0.717) is 12.4 Å². The van der Waals surface area contributed by atoms with Crippen LogP contribution >= 0.6 is 0 Å². The summed E-state index contributed by atoms with van der Waals surface area (Å²) in [5, 5.41) is 9.73. The van der Waals surface area contributed by atoms with Gasteiger partial charge >= 0.3 is 5.97 Å². The van der Waals surface area contributed by atoms with Crippen LogP contribution in [-0.2, 0) is 9.53 Å². The van der Waals surface area contributed by atoms with Crippen LogP contribution in [-0.4, -0.2) is 24.8 Å². The van der Waals surface area contributed by atoms with Gasteiger partial charge in [-0.2, -0.15) is 0 Å². The monoisotopic (exact) mass is 418 g/mol. The summed E-state index contributed by atoms with van der Waals surface area (Å²) in [6, 6.07) is 4.99. The zero-order valence-electron chi connectivity index (χ0n) is 19.2. The number of ether oxygens (including phenoxy) is 2. The van der Waals surface area contributed by atoms with E-state index < -0.39 is 0 Å². The Morgan fingerprint density at radius 3 is 1.90 bits per heavy atom. The number of esters is 1. The highest BCUT2D eigenvalue weighted by Crippen LogP contribution is 2.26. The van der Waals surface area contributed by atoms with E-state index >= 15 is 0 Å². The second kappa shape index (κ2) is 17.9. The number of aromatic hydroxyl groups is 1. The van der Waals surface area contributed by atoms with Crippen molar-refractivity contribution in [2.24, 2.45) is 0 Å². The molecule has 0 radical (unpaired) electrons. The summed E-state index contributed by atoms with van der Waals surface area (Å²) in [5.74, 6) is 0.114. The highest BCUT2D eigenvalue weighted by atomic mass is 16.5. The summed E-state index contributed by atoms with van der Waals surface area (Å²) in [6.07, 6.45) is 21.4. The second-order valence-corrected chi connectivity index (χ2v) is 8.03. The minimum atomic E-state index is -0.347. The highest BCUT2D eigenvalue weighted by Gasteiger charge is 2.02. The smallest absolute Gasteiger partial charge is 0.330 e. The van der Waals surface area contributed by atoms with Gasteiger partial charge < -0.3 is 14.6 Å². The van der Waals surface area contributed by atoms with Gasteiger partial charge in [0.15, 0.2) is 11.5 Å². The van der Waals surface area contributed by atoms with Gasteiger partial charge in [-0.3, -0.25) is 0 Å². The van der Waals surface area contributed by atoms with E-state index in [1.807, 2.05) is 0 Å². The molecule has 0 saturated heterocycles. The van der Waals surface area contributed by atoms with Gasteiger partial charge in [0.25, 0.3) is 0 Å². The Kier molecular flexibility index (Phi) is 15.5. The number of hydrogen-bond donors (Lipinski definition) is 1. The van der Waals surface area contributed by atoms with Crippen LogP contribution in [0.1, 0.15) is 102 Å². The molecule has 1 N–H and O–H groups in total. The molecule has 0 unspecified atom stereocenters. The first-order valence-electron chi connectivity index (χ1n) is 11.9. The second-order valence-electron chi connectivity index (χ2n) is 8.03. The third-order valence-corrected chi connectivity index (χ3v) is 5.36. The molecular formula is C26H42O4. The molecular weight excluding hydrogens is 376 g/mol. The van der Waals surface area contributed by atoms with Crippen molar-refractivity contribution in [1.82, 2.24) is 0 Å². The zero-order chi connectivity index (χ0) is 21.9. The number of benzene rings is 1. The standard InChI is InChI=1S/C26H42O4/c1-3-4-5-6-7-8-9-10-11-12-13-14-15-16-21-30-26(28)20-18-23-17-19-25(29-2)24(27)22-23/h17-20,22,27H,3-16,21H2,1-2H3/b20-18+. The van der Waals surface area contributed by atoms with Crippen molar-refractivity contribution < 1.29 is 19.4 Å². The average molecular weight is 419 g/mol. The van der Waals surface area contributed by atoms with Crippen molar-refractivity contribution in [2.45, 2.75) is 96.8 Å². The lowest BCUT2D eigenvalue weighted by Gasteiger charge is -2.04. The number of methoxy groups -OCH3 is 1. The Hall–Kier alpha value is -1.97. The SMILES string of the molecule is CCCCCCCCCCCCCCCCOC(=O)/C=C/c1ccc(OC)c(O)c1. The third-order valence-electron chi connectivity index (χ3n) is 5.36. The predicted molar refractivity (Wildman–Crippen MR) is 125 cm³/mol. The van der Waals surface area contributed by atoms with E-state index in [4.69, 9.17) is 9.47 Å². The zero-order valence-corrected chi connectivity index (χ0v) is 19.2. The van der Waals surface area contributed by atoms with Gasteiger partial charge in [-0.25, -0.2) is 4.79 Å². The Labute approximate surface area is 183 Å². The molecule has 0 fully saturated rings. The van der Waals surface area contributed by atoms with Gasteiger partial charge in [0.2, 0.25) is 0 Å². The number of rotatable bonds is 18. The summed E-state index contributed by atoms with van der Waals surface area (Å²) in [6.45, 7) is 2.73. The van der Waals surface area contributed by atoms with Crippen LogP contribution in [0.3, 0.4) is 0 Å². The number of unbranched alkanes of at least 4 members (excludes halogenated alkanes) is 13. The number of phenolic OH excluding ortho intramolecular Hbond substituents is 1. The van der Waals surface area contributed by atoms with Crippen LogP contribution in [0, 0.1) is 0 Å². The molecule has 0 heterocycles. The minimum Gasteiger partial charge on any atom is -0.504 e. The number of phenols is 1. The fourth-order valence-electron chi connectivity index (χ4n) is 3.49. The fraction of sp³-hybridized carbons (Fsp3) is 0.654. The largest absolute Gasteiger partial charge is 0.504 e. The maximum Gasteiger partial charge on any atom is 0.330 e. The summed E-state index contributed by atoms with van der Waals surface area (Å²) >= 11 is 0. The molecule has 4 heteroatoms. The molecule has 0 atom stereocenters. The first-order chi connectivity index (χ1) is 14.7. The quantitative estimate of drug-likeness (QED) is 0.153. The number of carbonyl (C=O) groups is 1. The molecule has 0 spiro atoms. The third kappa shape index (κ3) is 13.3. The normalized spacial score (nSPS) is 11.1. The van der Waals surface area contributed by atoms with Crippen molar-refractivity contribution in [3.8, 4) is 11.5 Å². The minimum absolute atomic E-state index is 0.0513. The lowest BCUT2D eigenvalue weighted by Crippen LogP contribution is -2.02. The van der Waals surface area contributed by atoms with Crippen molar-refractivity contribution in [3.05, 3.63) is 29.8 Å². The Bertz CT molecular complexity index is 595. The van der Waals surface area contributed by atoms with E-state index in [0.717, 1.165) is 18.4 Å². The topological polar surface area (TPSA) is 55.8 Å². The first kappa shape index (κ1) is 26.1. The van der Waals surface area contributed by atoms with E-state index in [1.165, 1.54) is 90.2 Å². The van der Waals surface area contributed by atoms with Crippen molar-refractivity contribution in [3.63, 3.8) is 0 Å². The van der Waals surface area contributed by atoms with Crippen molar-refractivity contribution in [2.75, 3.05) is 13.7 Å². The molecule has 0 amide bonds. The van der Waals surface area contributed by atoms with E-state index in [-0.39, 0.29) is 11.7 Å². The molecule has 0 aliphatic heterocycles. The molecule has 0 aliphatic carbocycles. The fourth-order valence-corrected chi connectivity index (χ4v) is 3.49. The summed E-state index contributed by atoms with van der Waals surface area (Å²) in [7, 11) is 1.50. The van der Waals surface area contributed by atoms with Crippen molar-refractivity contribution >= 4 is 12.0 Å². The van der Waals surface area contributed by atoms with Crippen LogP contribution in [0.2, 0.25) is 0 Å². The molecule has 1 rings (SSSR count). The maximum atomic E-state index is 11.8. The molecule has 0 aliphatic rings. The molecule has 0 aromatic heterocycles. The summed E-state index contributed by atoms with van der Waals surface area (Å²) < 4.78 is 10.2. The molecule has 0 bridgehead atoms. The van der Waals surface area contributed by atoms with Crippen LogP contribution < -0.4 is 4.74 Å². The Morgan fingerprint density at radius 2 is 1.40 bits per heavy atom. The number of carbonyl (C=O) groups excluding carboxylic acids is 1. The average Bonchev–Trinajstić information content (AvgIpc) is 2.75. The van der Waals surface area contributed by atoms with Gasteiger partial charge in [0.1, 0.15) is 0 Å². The number of hydrogen-bond acceptors (Lipinski definition) is 4. The van der Waals surface area contributed by atoms with Crippen LogP contribution in [0.4, 0.5) is 0 Å². The Morgan fingerprint density at radius 1 is 0.867 bits per heavy atom. The molecule has 170 valence electrons. The van der Waals surface area contributed by atoms with E-state index in [9.17, 15) is 9.90 Å². The van der Waals surface area contributed by atoms with Gasteiger partial charge in [0, 0.05) is 6.08 Å². The lowest BCUT2D eigenvalue weighted by molar-refractivity contribution is -0.137. The molecule has 4 nitrogen and oxygen atoms in total. The highest BCUT2D eigenvalue weighted by molar-refractivity contribution is 5.87. The molecule has 30 heavy (non-hydrogen) atoms. The molecule has 0 saturated carbocycles. The maximum absolute atomic E-state index is 11.8. The van der Waals surface area contributed by atoms with Gasteiger partial charge in [-0.1, -0.05) is 96.5 Å². The molecule has 1 aromatic rings. The van der Waals surface area contributed by atoms with E-state index in [2.05, 4.69) is 6.92 Å². The van der Waals surface area contributed by atoms with Crippen LogP contribution in [0.15, 0.2) is 24.3 Å². The first-order valence-corrected chi connectivity index (χ1v) is 11.9. The van der Waals surface area contributed by atoms with E-state index in [1.54, 1.807) is 24.3 Å². The summed E-state index contributed by atoms with van der Waals surface area (Å²) in [4.78, 5) is 11.8. The van der Waals surface area contributed by atoms with Crippen molar-refractivity contribution in [1.29, 1.82) is 0 Å². The summed E-state index contributed by atoms with van der Waals surface area (Å²) in [5.41, 5.74) is 0.724. The van der Waals surface area contributed by atoms with Crippen LogP contribution in [0.25, 0.3) is 6.08 Å². The van der Waals surface area contributed by atoms with Gasteiger partial charge in [0.05, 0.1) is 13.7 Å². The molecule has 1 aromatic carbocycles. The van der Waals surface area contributed by atoms with Crippen LogP contribution in [0.5, 0.6) is 11.5 Å². The Balaban J connectivity index is 1.93. The van der Waals surface area contributed by atoms with Gasteiger partial charge in [-0.15, -0.1) is 0 Å². The lowest BCUT2D eigenvalue weighted by atomic mass is 10.0.